The number of anilines is 3. The Morgan fingerprint density at radius 3 is 1.75 bits per heavy atom. The van der Waals surface area contributed by atoms with Gasteiger partial charge in [-0.2, -0.15) is 0 Å². The van der Waals surface area contributed by atoms with E-state index in [1.165, 1.54) is 4.90 Å². The third-order valence-corrected chi connectivity index (χ3v) is 9.59. The lowest BCUT2D eigenvalue weighted by Crippen LogP contribution is -2.11. The average molecular weight is 672 g/mol. The summed E-state index contributed by atoms with van der Waals surface area (Å²) in [6.07, 6.45) is 0. The summed E-state index contributed by atoms with van der Waals surface area (Å²) >= 11 is 0. The van der Waals surface area contributed by atoms with E-state index in [0.29, 0.717) is 28.0 Å². The summed E-state index contributed by atoms with van der Waals surface area (Å²) in [6, 6.07) is 44.1. The van der Waals surface area contributed by atoms with Gasteiger partial charge in [-0.3, -0.25) is 0 Å². The minimum absolute atomic E-state index is 0.106. The van der Waals surface area contributed by atoms with E-state index in [2.05, 4.69) is 0 Å². The molecule has 10 aromatic rings. The van der Waals surface area contributed by atoms with Gasteiger partial charge in [0.2, 0.25) is 0 Å². The third-order valence-electron chi connectivity index (χ3n) is 9.59. The van der Waals surface area contributed by atoms with Crippen LogP contribution in [0.25, 0.3) is 76.9 Å². The molecule has 10 rings (SSSR count). The fraction of sp³-hybridized carbons (Fsp3) is 0. The maximum Gasteiger partial charge on any atom is 0.143 e. The zero-order valence-electron chi connectivity index (χ0n) is 35.8. The van der Waals surface area contributed by atoms with Crippen molar-refractivity contribution < 1.29 is 15.4 Å². The van der Waals surface area contributed by atoms with Gasteiger partial charge in [-0.25, -0.2) is 0 Å². The van der Waals surface area contributed by atoms with E-state index < -0.39 is 24.2 Å². The summed E-state index contributed by atoms with van der Waals surface area (Å²) in [5.41, 5.74) is 3.92. The second-order valence-corrected chi connectivity index (χ2v) is 12.7. The van der Waals surface area contributed by atoms with Crippen molar-refractivity contribution in [1.29, 1.82) is 0 Å². The Labute approximate surface area is 313 Å². The van der Waals surface area contributed by atoms with Gasteiger partial charge in [-0.05, 0) is 92.4 Å². The Kier molecular flexibility index (Phi) is 5.45. The molecule has 0 aliphatic carbocycles. The molecule has 0 unspecified atom stereocenters. The van der Waals surface area contributed by atoms with Crippen LogP contribution in [0.15, 0.2) is 204 Å². The van der Waals surface area contributed by atoms with E-state index in [-0.39, 0.29) is 46.7 Å². The zero-order valence-corrected chi connectivity index (χ0v) is 27.8. The molecule has 52 heavy (non-hydrogen) atoms. The second-order valence-electron chi connectivity index (χ2n) is 12.7. The van der Waals surface area contributed by atoms with Crippen molar-refractivity contribution in [3.8, 4) is 33.4 Å². The molecular formula is C50H33NO. The fourth-order valence-corrected chi connectivity index (χ4v) is 7.09. The molecule has 0 bridgehead atoms. The van der Waals surface area contributed by atoms with Gasteiger partial charge in [0.1, 0.15) is 11.2 Å². The normalized spacial score (nSPS) is 13.6. The van der Waals surface area contributed by atoms with Crippen LogP contribution in [-0.2, 0) is 0 Å². The smallest absolute Gasteiger partial charge is 0.143 e. The SMILES string of the molecule is [2H]c1c([2H])c(N(c2ccccc2-c2cc3c4ccccc4oc3c3ccccc23)c2c([2H])c([2H])c(-c3ccc4ccccc4c3)c([2H])c2[2H])c([2H])c([2H])c1-c1ccccc1. The number of rotatable bonds is 6. The van der Waals surface area contributed by atoms with E-state index in [1.807, 2.05) is 109 Å². The van der Waals surface area contributed by atoms with Crippen molar-refractivity contribution in [1.82, 2.24) is 0 Å². The van der Waals surface area contributed by atoms with Gasteiger partial charge >= 0.3 is 0 Å². The highest BCUT2D eigenvalue weighted by atomic mass is 16.3. The highest BCUT2D eigenvalue weighted by Crippen LogP contribution is 2.46. The molecule has 0 saturated heterocycles. The molecule has 0 spiro atoms. The molecule has 0 radical (unpaired) electrons. The Bertz CT molecular complexity index is 3320. The Hall–Kier alpha value is -6.90. The summed E-state index contributed by atoms with van der Waals surface area (Å²) in [4.78, 5) is 1.39. The molecule has 2 nitrogen and oxygen atoms in total. The summed E-state index contributed by atoms with van der Waals surface area (Å²) in [5, 5.41) is 5.30. The number of hydrogen-bond donors (Lipinski definition) is 0. The summed E-state index contributed by atoms with van der Waals surface area (Å²) in [5.74, 6) is 0. The molecule has 0 amide bonds. The second kappa shape index (κ2) is 12.5. The van der Waals surface area contributed by atoms with Crippen LogP contribution >= 0.6 is 0 Å². The molecule has 2 heteroatoms. The van der Waals surface area contributed by atoms with Crippen molar-refractivity contribution in [2.45, 2.75) is 0 Å². The molecule has 0 atom stereocenters. The molecule has 1 aromatic heterocycles. The predicted octanol–water partition coefficient (Wildman–Crippen LogP) is 14.4. The molecule has 9 aromatic carbocycles. The van der Waals surface area contributed by atoms with Gasteiger partial charge in [0.05, 0.1) is 16.7 Å². The molecule has 0 fully saturated rings. The zero-order chi connectivity index (χ0) is 41.4. The summed E-state index contributed by atoms with van der Waals surface area (Å²) in [7, 11) is 0. The largest absolute Gasteiger partial charge is 0.455 e. The van der Waals surface area contributed by atoms with Crippen molar-refractivity contribution in [2.75, 3.05) is 4.90 Å². The Morgan fingerprint density at radius 2 is 0.981 bits per heavy atom. The van der Waals surface area contributed by atoms with Gasteiger partial charge in [-0.1, -0.05) is 152 Å². The molecule has 0 N–H and O–H groups in total. The van der Waals surface area contributed by atoms with E-state index in [1.54, 1.807) is 42.5 Å². The molecule has 0 aliphatic heterocycles. The number of para-hydroxylation sites is 2. The van der Waals surface area contributed by atoms with E-state index in [9.17, 15) is 11.0 Å². The van der Waals surface area contributed by atoms with E-state index in [4.69, 9.17) is 4.42 Å². The van der Waals surface area contributed by atoms with Gasteiger partial charge in [0.25, 0.3) is 0 Å². The van der Waals surface area contributed by atoms with Crippen LogP contribution < -0.4 is 4.90 Å². The first-order valence-corrected chi connectivity index (χ1v) is 17.1. The predicted molar refractivity (Wildman–Crippen MR) is 220 cm³/mol. The molecular weight excluding hydrogens is 631 g/mol. The van der Waals surface area contributed by atoms with Crippen LogP contribution in [0.5, 0.6) is 0 Å². The number of benzene rings is 9. The fourth-order valence-electron chi connectivity index (χ4n) is 7.09. The van der Waals surface area contributed by atoms with Crippen LogP contribution in [0.1, 0.15) is 11.0 Å². The lowest BCUT2D eigenvalue weighted by atomic mass is 9.93. The van der Waals surface area contributed by atoms with Crippen LogP contribution in [0, 0.1) is 0 Å². The number of fused-ring (bicyclic) bond motifs is 6. The average Bonchev–Trinajstić information content (AvgIpc) is 3.66. The first-order valence-electron chi connectivity index (χ1n) is 21.1. The first-order chi connectivity index (χ1) is 29.1. The van der Waals surface area contributed by atoms with Crippen LogP contribution in [0.3, 0.4) is 0 Å². The summed E-state index contributed by atoms with van der Waals surface area (Å²) in [6.45, 7) is 0. The highest BCUT2D eigenvalue weighted by molar-refractivity contribution is 6.19. The Morgan fingerprint density at radius 1 is 0.385 bits per heavy atom. The number of hydrogen-bond acceptors (Lipinski definition) is 2. The van der Waals surface area contributed by atoms with Crippen molar-refractivity contribution in [3.05, 3.63) is 200 Å². The van der Waals surface area contributed by atoms with Crippen molar-refractivity contribution in [2.24, 2.45) is 0 Å². The first kappa shape index (κ1) is 22.7. The lowest BCUT2D eigenvalue weighted by Gasteiger charge is -2.28. The monoisotopic (exact) mass is 671 g/mol. The molecule has 1 heterocycles. The maximum atomic E-state index is 9.66. The minimum Gasteiger partial charge on any atom is -0.455 e. The lowest BCUT2D eigenvalue weighted by molar-refractivity contribution is 0.672. The third kappa shape index (κ3) is 5.12. The highest BCUT2D eigenvalue weighted by Gasteiger charge is 2.21. The van der Waals surface area contributed by atoms with Gasteiger partial charge in [0.15, 0.2) is 0 Å². The van der Waals surface area contributed by atoms with Crippen LogP contribution in [0.2, 0.25) is 0 Å². The van der Waals surface area contributed by atoms with Crippen LogP contribution in [0.4, 0.5) is 17.1 Å². The minimum atomic E-state index is -0.404. The Balaban J connectivity index is 1.30. The number of furan rings is 1. The van der Waals surface area contributed by atoms with Gasteiger partial charge in [0, 0.05) is 33.1 Å². The van der Waals surface area contributed by atoms with E-state index >= 15 is 0 Å². The van der Waals surface area contributed by atoms with Gasteiger partial charge in [-0.15, -0.1) is 0 Å². The standard InChI is InChI=1S/C50H33NO/c1-2-12-34(13-3-1)36-24-28-40(29-25-36)51(41-30-26-37(27-31-41)39-23-22-35-14-4-5-15-38(35)32-39)48-20-10-8-17-43(48)46-33-47-44-18-9-11-21-49(44)52-50(47)45-19-7-6-16-42(45)46/h1-33H/i24D,25D,26D,27D,28D,29D,30D,31D. The number of nitrogens with zero attached hydrogens (tertiary/aromatic N) is 1. The van der Waals surface area contributed by atoms with Crippen LogP contribution in [-0.4, -0.2) is 0 Å². The quantitative estimate of drug-likeness (QED) is 0.175. The van der Waals surface area contributed by atoms with Crippen molar-refractivity contribution >= 4 is 60.5 Å². The van der Waals surface area contributed by atoms with E-state index in [0.717, 1.165) is 43.5 Å². The summed E-state index contributed by atoms with van der Waals surface area (Å²) < 4.78 is 82.4. The molecule has 0 aliphatic rings. The molecule has 0 saturated carbocycles. The van der Waals surface area contributed by atoms with Gasteiger partial charge < -0.3 is 9.32 Å². The maximum absolute atomic E-state index is 9.66. The topological polar surface area (TPSA) is 16.4 Å². The van der Waals surface area contributed by atoms with Crippen molar-refractivity contribution in [3.63, 3.8) is 0 Å². The molecule has 244 valence electrons.